The fourth-order valence-electron chi connectivity index (χ4n) is 10.4. The van der Waals surface area contributed by atoms with Gasteiger partial charge in [0.25, 0.3) is 0 Å². The van der Waals surface area contributed by atoms with Crippen LogP contribution in [0.2, 0.25) is 0 Å². The molecule has 0 amide bonds. The third kappa shape index (κ3) is 7.06. The van der Waals surface area contributed by atoms with Gasteiger partial charge in [-0.3, -0.25) is 4.98 Å². The monoisotopic (exact) mass is 880 g/mol. The molecular formula is C65H44N4. The van der Waals surface area contributed by atoms with Gasteiger partial charge in [0.15, 0.2) is 0 Å². The largest absolute Gasteiger partial charge is 0.310 e. The molecule has 0 fully saturated rings. The van der Waals surface area contributed by atoms with Gasteiger partial charge < -0.3 is 14.0 Å². The minimum atomic E-state index is 1.02. The fraction of sp³-hybridized carbons (Fsp3) is 0. The van der Waals surface area contributed by atoms with Gasteiger partial charge in [-0.05, 0) is 136 Å². The third-order valence-corrected chi connectivity index (χ3v) is 13.6. The second-order valence-corrected chi connectivity index (χ2v) is 17.6. The highest BCUT2D eigenvalue weighted by Crippen LogP contribution is 2.44. The highest BCUT2D eigenvalue weighted by atomic mass is 15.1. The lowest BCUT2D eigenvalue weighted by Crippen LogP contribution is -2.09. The van der Waals surface area contributed by atoms with E-state index in [1.807, 2.05) is 18.5 Å². The molecule has 3 aromatic heterocycles. The van der Waals surface area contributed by atoms with Gasteiger partial charge in [-0.2, -0.15) is 0 Å². The molecule has 0 bridgehead atoms. The quantitative estimate of drug-likeness (QED) is 0.144. The first-order valence-corrected chi connectivity index (χ1v) is 23.5. The lowest BCUT2D eigenvalue weighted by atomic mass is 9.94. The first kappa shape index (κ1) is 40.1. The van der Waals surface area contributed by atoms with Gasteiger partial charge >= 0.3 is 0 Å². The number of benzene rings is 10. The van der Waals surface area contributed by atoms with E-state index in [1.165, 1.54) is 54.8 Å². The van der Waals surface area contributed by atoms with E-state index in [0.717, 1.165) is 61.7 Å². The van der Waals surface area contributed by atoms with Crippen molar-refractivity contribution in [2.24, 2.45) is 0 Å². The molecule has 0 N–H and O–H groups in total. The summed E-state index contributed by atoms with van der Waals surface area (Å²) < 4.78 is 4.81. The van der Waals surface area contributed by atoms with Crippen LogP contribution in [0.15, 0.2) is 267 Å². The van der Waals surface area contributed by atoms with Crippen molar-refractivity contribution in [2.45, 2.75) is 0 Å². The molecule has 10 aromatic carbocycles. The summed E-state index contributed by atoms with van der Waals surface area (Å²) in [6.07, 6.45) is 3.82. The summed E-state index contributed by atoms with van der Waals surface area (Å²) >= 11 is 0. The molecule has 0 spiro atoms. The second-order valence-electron chi connectivity index (χ2n) is 17.6. The van der Waals surface area contributed by atoms with E-state index in [-0.39, 0.29) is 0 Å². The number of aromatic nitrogens is 3. The Balaban J connectivity index is 1.01. The lowest BCUT2D eigenvalue weighted by molar-refractivity contribution is 1.14. The summed E-state index contributed by atoms with van der Waals surface area (Å²) in [4.78, 5) is 6.96. The molecule has 0 aliphatic heterocycles. The maximum absolute atomic E-state index is 4.62. The molecule has 13 aromatic rings. The van der Waals surface area contributed by atoms with Gasteiger partial charge in [-0.15, -0.1) is 0 Å². The maximum Gasteiger partial charge on any atom is 0.0645 e. The van der Waals surface area contributed by atoms with Gasteiger partial charge in [0.1, 0.15) is 0 Å². The van der Waals surface area contributed by atoms with E-state index < -0.39 is 0 Å². The summed E-state index contributed by atoms with van der Waals surface area (Å²) in [7, 11) is 0. The number of para-hydroxylation sites is 3. The summed E-state index contributed by atoms with van der Waals surface area (Å²) in [5.74, 6) is 0. The molecular weight excluding hydrogens is 837 g/mol. The van der Waals surface area contributed by atoms with E-state index in [1.54, 1.807) is 0 Å². The summed E-state index contributed by atoms with van der Waals surface area (Å²) in [6.45, 7) is 0. The van der Waals surface area contributed by atoms with E-state index in [2.05, 4.69) is 268 Å². The molecule has 0 radical (unpaired) electrons. The molecule has 3 heterocycles. The highest BCUT2D eigenvalue weighted by Gasteiger charge is 2.21. The minimum absolute atomic E-state index is 1.02. The molecule has 4 nitrogen and oxygen atoms in total. The van der Waals surface area contributed by atoms with Crippen LogP contribution in [0.5, 0.6) is 0 Å². The van der Waals surface area contributed by atoms with Crippen molar-refractivity contribution in [2.75, 3.05) is 4.90 Å². The van der Waals surface area contributed by atoms with Gasteiger partial charge in [0, 0.05) is 56.1 Å². The SMILES string of the molecule is c1ccc(-c2cccc(N(c3ccccc3)c3ccc(-c4cc(-c5ccc6c(c5)c5ccc(-c7ccccc7)cc5n6-c5ccccc5)c5c(c4)c4ccccc4n5-c4cccnc4)cc3)c2)cc1. The average molecular weight is 881 g/mol. The zero-order valence-corrected chi connectivity index (χ0v) is 37.7. The van der Waals surface area contributed by atoms with Crippen molar-refractivity contribution in [1.29, 1.82) is 0 Å². The van der Waals surface area contributed by atoms with Crippen molar-refractivity contribution in [3.63, 3.8) is 0 Å². The number of fused-ring (bicyclic) bond motifs is 6. The van der Waals surface area contributed by atoms with E-state index in [0.29, 0.717) is 0 Å². The first-order chi connectivity index (χ1) is 34.2. The Kier molecular flexibility index (Phi) is 9.80. The number of nitrogens with zero attached hydrogens (tertiary/aromatic N) is 4. The van der Waals surface area contributed by atoms with Crippen LogP contribution in [0, 0.1) is 0 Å². The van der Waals surface area contributed by atoms with Crippen molar-refractivity contribution in [1.82, 2.24) is 14.1 Å². The zero-order valence-electron chi connectivity index (χ0n) is 37.7. The third-order valence-electron chi connectivity index (χ3n) is 13.6. The van der Waals surface area contributed by atoms with Gasteiger partial charge in [-0.25, -0.2) is 0 Å². The Morgan fingerprint density at radius 2 is 0.841 bits per heavy atom. The van der Waals surface area contributed by atoms with Crippen molar-refractivity contribution >= 4 is 60.7 Å². The number of hydrogen-bond acceptors (Lipinski definition) is 2. The van der Waals surface area contributed by atoms with Gasteiger partial charge in [0.2, 0.25) is 0 Å². The van der Waals surface area contributed by atoms with Crippen molar-refractivity contribution in [3.8, 4) is 55.9 Å². The topological polar surface area (TPSA) is 26.0 Å². The van der Waals surface area contributed by atoms with Crippen LogP contribution in [-0.2, 0) is 0 Å². The Labute approximate surface area is 400 Å². The molecule has 0 unspecified atom stereocenters. The molecule has 0 atom stereocenters. The Morgan fingerprint density at radius 3 is 1.58 bits per heavy atom. The van der Waals surface area contributed by atoms with E-state index >= 15 is 0 Å². The van der Waals surface area contributed by atoms with Crippen LogP contribution in [0.25, 0.3) is 99.5 Å². The average Bonchev–Trinajstić information content (AvgIpc) is 3.94. The molecule has 0 aliphatic rings. The minimum Gasteiger partial charge on any atom is -0.310 e. The van der Waals surface area contributed by atoms with Crippen molar-refractivity contribution in [3.05, 3.63) is 267 Å². The Hall–Kier alpha value is -9.25. The Morgan fingerprint density at radius 1 is 0.290 bits per heavy atom. The van der Waals surface area contributed by atoms with Gasteiger partial charge in [0.05, 0.1) is 34.0 Å². The standard InChI is InChI=1S/C65H44N4/c1-5-17-45(18-6-1)48-21-15-26-55(39-48)67(52-22-9-3-10-23-52)54-34-30-47(31-35-54)51-41-59(65-61(42-51)57-28-13-14-29-62(57)69(65)56-27-16-38-66-44-56)50-33-37-63-60(40-50)58-36-32-49(46-19-7-2-8-20-46)43-64(58)68(63)53-24-11-4-12-25-53/h1-44H. The zero-order chi connectivity index (χ0) is 45.7. The molecule has 0 aliphatic carbocycles. The van der Waals surface area contributed by atoms with Crippen LogP contribution in [0.4, 0.5) is 17.1 Å². The van der Waals surface area contributed by atoms with Crippen LogP contribution in [0.3, 0.4) is 0 Å². The Bertz CT molecular complexity index is 3970. The number of anilines is 3. The number of hydrogen-bond donors (Lipinski definition) is 0. The summed E-state index contributed by atoms with van der Waals surface area (Å²) in [5, 5.41) is 4.80. The second kappa shape index (κ2) is 16.9. The predicted molar refractivity (Wildman–Crippen MR) is 289 cm³/mol. The highest BCUT2D eigenvalue weighted by molar-refractivity contribution is 6.17. The molecule has 0 saturated heterocycles. The van der Waals surface area contributed by atoms with E-state index in [4.69, 9.17) is 0 Å². The molecule has 69 heavy (non-hydrogen) atoms. The molecule has 324 valence electrons. The molecule has 4 heteroatoms. The fourth-order valence-corrected chi connectivity index (χ4v) is 10.4. The summed E-state index contributed by atoms with van der Waals surface area (Å²) in [5.41, 5.74) is 19.4. The number of pyridine rings is 1. The van der Waals surface area contributed by atoms with Crippen LogP contribution in [-0.4, -0.2) is 14.1 Å². The lowest BCUT2D eigenvalue weighted by Gasteiger charge is -2.26. The molecule has 13 rings (SSSR count). The first-order valence-electron chi connectivity index (χ1n) is 23.5. The van der Waals surface area contributed by atoms with Crippen LogP contribution in [0.1, 0.15) is 0 Å². The summed E-state index contributed by atoms with van der Waals surface area (Å²) in [6, 6.07) is 92.2. The van der Waals surface area contributed by atoms with Gasteiger partial charge in [-0.1, -0.05) is 158 Å². The number of rotatable bonds is 9. The van der Waals surface area contributed by atoms with Crippen LogP contribution >= 0.6 is 0 Å². The molecule has 0 saturated carbocycles. The smallest absolute Gasteiger partial charge is 0.0645 e. The predicted octanol–water partition coefficient (Wildman–Crippen LogP) is 17.4. The van der Waals surface area contributed by atoms with Crippen LogP contribution < -0.4 is 4.90 Å². The normalized spacial score (nSPS) is 11.5. The maximum atomic E-state index is 4.62. The van der Waals surface area contributed by atoms with E-state index in [9.17, 15) is 0 Å². The van der Waals surface area contributed by atoms with Crippen molar-refractivity contribution < 1.29 is 0 Å².